The van der Waals surface area contributed by atoms with Gasteiger partial charge in [-0.2, -0.15) is 0 Å². The molecule has 0 fully saturated rings. The predicted molar refractivity (Wildman–Crippen MR) is 156 cm³/mol. The van der Waals surface area contributed by atoms with Crippen LogP contribution in [0.1, 0.15) is 28.7 Å². The maximum absolute atomic E-state index is 16.2. The topological polar surface area (TPSA) is 26.2 Å². The minimum atomic E-state index is -0.289. The van der Waals surface area contributed by atoms with Gasteiger partial charge in [0.05, 0.1) is 17.9 Å². The summed E-state index contributed by atoms with van der Waals surface area (Å²) in [7, 11) is 0. The quantitative estimate of drug-likeness (QED) is 0.168. The van der Waals surface area contributed by atoms with Crippen molar-refractivity contribution in [3.8, 4) is 17.0 Å². The van der Waals surface area contributed by atoms with Gasteiger partial charge in [0.15, 0.2) is 5.82 Å². The van der Waals surface area contributed by atoms with Gasteiger partial charge in [0, 0.05) is 17.5 Å². The molecule has 0 radical (unpaired) electrons. The summed E-state index contributed by atoms with van der Waals surface area (Å²) in [6.07, 6.45) is 1.43. The lowest BCUT2D eigenvalue weighted by atomic mass is 10.0. The molecule has 1 N–H and O–H groups in total. The van der Waals surface area contributed by atoms with Crippen LogP contribution in [0.15, 0.2) is 97.1 Å². The Morgan fingerprint density at radius 1 is 0.795 bits per heavy atom. The van der Waals surface area contributed by atoms with Gasteiger partial charge in [-0.1, -0.05) is 78.9 Å². The Balaban J connectivity index is 1.44. The summed E-state index contributed by atoms with van der Waals surface area (Å²) < 4.78 is 36.5. The predicted octanol–water partition coefficient (Wildman–Crippen LogP) is 7.87. The van der Waals surface area contributed by atoms with Gasteiger partial charge in [0.1, 0.15) is 12.4 Å². The van der Waals surface area contributed by atoms with E-state index in [2.05, 4.69) is 34.1 Å². The Hall–Kier alpha value is -3.96. The summed E-state index contributed by atoms with van der Waals surface area (Å²) in [4.78, 5) is 0. The van der Waals surface area contributed by atoms with Crippen molar-refractivity contribution < 1.29 is 13.5 Å². The van der Waals surface area contributed by atoms with Crippen LogP contribution in [0.5, 0.6) is 5.75 Å². The number of aryl methyl sites for hydroxylation is 1. The van der Waals surface area contributed by atoms with Crippen LogP contribution in [0.4, 0.5) is 8.78 Å². The van der Waals surface area contributed by atoms with Crippen molar-refractivity contribution in [2.45, 2.75) is 32.9 Å². The molecule has 0 aliphatic carbocycles. The van der Waals surface area contributed by atoms with Crippen LogP contribution in [-0.4, -0.2) is 24.3 Å². The highest BCUT2D eigenvalue weighted by Gasteiger charge is 2.21. The number of hydrogen-bond acceptors (Lipinski definition) is 2. The zero-order valence-electron chi connectivity index (χ0n) is 22.3. The summed E-state index contributed by atoms with van der Waals surface area (Å²) in [5.74, 6) is 0.406. The zero-order chi connectivity index (χ0) is 27.0. The molecule has 0 saturated heterocycles. The molecule has 0 amide bonds. The fourth-order valence-electron chi connectivity index (χ4n) is 4.93. The highest BCUT2D eigenvalue weighted by molar-refractivity contribution is 5.89. The Labute approximate surface area is 229 Å². The summed E-state index contributed by atoms with van der Waals surface area (Å²) >= 11 is 0. The standard InChI is InChI=1S/C34H34F2N2O/c1-25-8-5-6-11-30(25)34-33(36)31-22-29(39-24-28-9-3-2-4-10-28)16-17-32(31)38(34)23-27-14-12-26(13-15-27)18-21-37-20-7-19-35/h2-6,8-17,22,37H,7,18-21,23-24H2,1H3. The van der Waals surface area contributed by atoms with E-state index < -0.39 is 0 Å². The molecule has 39 heavy (non-hydrogen) atoms. The SMILES string of the molecule is Cc1ccccc1-c1c(F)c2cc(OCc3ccccc3)ccc2n1Cc1ccc(CCNCCCF)cc1. The van der Waals surface area contributed by atoms with E-state index in [1.165, 1.54) is 5.56 Å². The van der Waals surface area contributed by atoms with Gasteiger partial charge < -0.3 is 14.6 Å². The average Bonchev–Trinajstić information content (AvgIpc) is 3.23. The van der Waals surface area contributed by atoms with E-state index >= 15 is 4.39 Å². The molecule has 4 aromatic carbocycles. The third kappa shape index (κ3) is 6.37. The first kappa shape index (κ1) is 26.6. The molecule has 3 nitrogen and oxygen atoms in total. The van der Waals surface area contributed by atoms with Crippen molar-refractivity contribution in [1.29, 1.82) is 0 Å². The summed E-state index contributed by atoms with van der Waals surface area (Å²) in [5.41, 5.74) is 6.71. The number of hydrogen-bond donors (Lipinski definition) is 1. The molecule has 5 heteroatoms. The normalized spacial score (nSPS) is 11.3. The summed E-state index contributed by atoms with van der Waals surface area (Å²) in [6.45, 7) is 4.21. The van der Waals surface area contributed by atoms with E-state index in [1.807, 2.05) is 79.7 Å². The highest BCUT2D eigenvalue weighted by atomic mass is 19.1. The number of benzene rings is 4. The van der Waals surface area contributed by atoms with Crippen LogP contribution in [0, 0.1) is 12.7 Å². The minimum absolute atomic E-state index is 0.236. The molecule has 200 valence electrons. The first-order valence-corrected chi connectivity index (χ1v) is 13.5. The number of nitrogens with one attached hydrogen (secondary N) is 1. The molecule has 1 heterocycles. The van der Waals surface area contributed by atoms with Crippen LogP contribution in [0.25, 0.3) is 22.2 Å². The molecule has 0 spiro atoms. The van der Waals surface area contributed by atoms with E-state index in [-0.39, 0.29) is 12.5 Å². The van der Waals surface area contributed by atoms with Crippen LogP contribution >= 0.6 is 0 Å². The second-order valence-electron chi connectivity index (χ2n) is 9.88. The first-order chi connectivity index (χ1) is 19.1. The molecular formula is C34H34F2N2O. The van der Waals surface area contributed by atoms with Crippen LogP contribution < -0.4 is 10.1 Å². The van der Waals surface area contributed by atoms with Gasteiger partial charge >= 0.3 is 0 Å². The third-order valence-corrected chi connectivity index (χ3v) is 7.06. The molecule has 0 atom stereocenters. The highest BCUT2D eigenvalue weighted by Crippen LogP contribution is 2.36. The zero-order valence-corrected chi connectivity index (χ0v) is 22.3. The number of aromatic nitrogens is 1. The second kappa shape index (κ2) is 12.7. The van der Waals surface area contributed by atoms with Gasteiger partial charge in [-0.3, -0.25) is 4.39 Å². The number of nitrogens with zero attached hydrogens (tertiary/aromatic N) is 1. The van der Waals surface area contributed by atoms with Gasteiger partial charge in [-0.15, -0.1) is 0 Å². The number of fused-ring (bicyclic) bond motifs is 1. The molecule has 0 saturated carbocycles. The van der Waals surface area contributed by atoms with Crippen LogP contribution in [0.3, 0.4) is 0 Å². The van der Waals surface area contributed by atoms with Crippen molar-refractivity contribution >= 4 is 10.9 Å². The van der Waals surface area contributed by atoms with Gasteiger partial charge in [-0.05, 0) is 73.3 Å². The van der Waals surface area contributed by atoms with Gasteiger partial charge in [-0.25, -0.2) is 4.39 Å². The van der Waals surface area contributed by atoms with Crippen LogP contribution in [-0.2, 0) is 19.6 Å². The maximum Gasteiger partial charge on any atom is 0.156 e. The van der Waals surface area contributed by atoms with Gasteiger partial charge in [0.25, 0.3) is 0 Å². The van der Waals surface area contributed by atoms with Crippen molar-refractivity contribution in [2.75, 3.05) is 19.8 Å². The van der Waals surface area contributed by atoms with Crippen molar-refractivity contribution in [3.63, 3.8) is 0 Å². The maximum atomic E-state index is 16.2. The number of rotatable bonds is 12. The van der Waals surface area contributed by atoms with E-state index in [0.29, 0.717) is 42.9 Å². The third-order valence-electron chi connectivity index (χ3n) is 7.06. The van der Waals surface area contributed by atoms with E-state index in [0.717, 1.165) is 40.7 Å². The minimum Gasteiger partial charge on any atom is -0.489 e. The van der Waals surface area contributed by atoms with Crippen LogP contribution in [0.2, 0.25) is 0 Å². The molecule has 5 aromatic rings. The molecule has 0 aliphatic rings. The largest absolute Gasteiger partial charge is 0.489 e. The molecule has 0 unspecified atom stereocenters. The second-order valence-corrected chi connectivity index (χ2v) is 9.88. The monoisotopic (exact) mass is 524 g/mol. The average molecular weight is 525 g/mol. The Bertz CT molecular complexity index is 1510. The lowest BCUT2D eigenvalue weighted by molar-refractivity contribution is 0.306. The smallest absolute Gasteiger partial charge is 0.156 e. The van der Waals surface area contributed by atoms with E-state index in [4.69, 9.17) is 4.74 Å². The lowest BCUT2D eigenvalue weighted by Gasteiger charge is -2.14. The van der Waals surface area contributed by atoms with Crippen molar-refractivity contribution in [3.05, 3.63) is 125 Å². The Morgan fingerprint density at radius 2 is 1.54 bits per heavy atom. The van der Waals surface area contributed by atoms with E-state index in [1.54, 1.807) is 0 Å². The Kier molecular flexibility index (Phi) is 8.69. The molecule has 5 rings (SSSR count). The Morgan fingerprint density at radius 3 is 2.31 bits per heavy atom. The molecular weight excluding hydrogens is 490 g/mol. The van der Waals surface area contributed by atoms with E-state index in [9.17, 15) is 4.39 Å². The molecule has 0 bridgehead atoms. The van der Waals surface area contributed by atoms with Crippen molar-refractivity contribution in [1.82, 2.24) is 9.88 Å². The number of halogens is 2. The lowest BCUT2D eigenvalue weighted by Crippen LogP contribution is -2.18. The fraction of sp³-hybridized carbons (Fsp3) is 0.235. The first-order valence-electron chi connectivity index (χ1n) is 13.5. The molecule has 1 aromatic heterocycles. The summed E-state index contributed by atoms with van der Waals surface area (Å²) in [6, 6.07) is 32.0. The fourth-order valence-corrected chi connectivity index (χ4v) is 4.93. The number of ether oxygens (including phenoxy) is 1. The van der Waals surface area contributed by atoms with Gasteiger partial charge in [0.2, 0.25) is 0 Å². The summed E-state index contributed by atoms with van der Waals surface area (Å²) in [5, 5.41) is 3.82. The number of alkyl halides is 1. The van der Waals surface area contributed by atoms with Crippen molar-refractivity contribution in [2.24, 2.45) is 0 Å². The molecule has 0 aliphatic heterocycles.